The van der Waals surface area contributed by atoms with E-state index in [9.17, 15) is 9.59 Å². The maximum absolute atomic E-state index is 11.3. The van der Waals surface area contributed by atoms with Crippen LogP contribution in [0.15, 0.2) is 0 Å². The first kappa shape index (κ1) is 15.2. The van der Waals surface area contributed by atoms with Gasteiger partial charge in [0.05, 0.1) is 6.10 Å². The molecule has 1 unspecified atom stereocenters. The zero-order valence-corrected chi connectivity index (χ0v) is 11.8. The molecule has 1 atom stereocenters. The Morgan fingerprint density at radius 3 is 2.50 bits per heavy atom. The van der Waals surface area contributed by atoms with Crippen molar-refractivity contribution in [1.29, 1.82) is 0 Å². The summed E-state index contributed by atoms with van der Waals surface area (Å²) in [4.78, 5) is 26.5. The number of amides is 3. The van der Waals surface area contributed by atoms with Gasteiger partial charge in [-0.15, -0.1) is 0 Å². The Balaban J connectivity index is 1.59. The van der Waals surface area contributed by atoms with Crippen LogP contribution in [0.5, 0.6) is 0 Å². The number of hydrogen-bond donors (Lipinski definition) is 2. The minimum Gasteiger partial charge on any atom is -0.377 e. The van der Waals surface area contributed by atoms with Crippen molar-refractivity contribution in [1.82, 2.24) is 15.1 Å². The molecule has 20 heavy (non-hydrogen) atoms. The third-order valence-corrected chi connectivity index (χ3v) is 3.87. The van der Waals surface area contributed by atoms with Crippen molar-refractivity contribution in [3.63, 3.8) is 0 Å². The molecule has 2 rings (SSSR count). The molecule has 2 aliphatic rings. The Morgan fingerprint density at radius 2 is 1.90 bits per heavy atom. The Labute approximate surface area is 119 Å². The lowest BCUT2D eigenvalue weighted by molar-refractivity contribution is -0.120. The van der Waals surface area contributed by atoms with Gasteiger partial charge >= 0.3 is 6.03 Å². The molecule has 3 amide bonds. The summed E-state index contributed by atoms with van der Waals surface area (Å²) in [6.07, 6.45) is 3.07. The second kappa shape index (κ2) is 7.56. The molecule has 0 radical (unpaired) electrons. The van der Waals surface area contributed by atoms with Gasteiger partial charge in [0.1, 0.15) is 0 Å². The molecule has 3 N–H and O–H groups in total. The first-order valence-corrected chi connectivity index (χ1v) is 7.29. The van der Waals surface area contributed by atoms with E-state index < -0.39 is 6.03 Å². The van der Waals surface area contributed by atoms with Crippen LogP contribution in [0.25, 0.3) is 0 Å². The van der Waals surface area contributed by atoms with Gasteiger partial charge < -0.3 is 15.4 Å². The normalized spacial score (nSPS) is 24.7. The van der Waals surface area contributed by atoms with Crippen molar-refractivity contribution in [3.05, 3.63) is 0 Å². The molecule has 0 aliphatic carbocycles. The molecule has 2 heterocycles. The largest absolute Gasteiger partial charge is 0.377 e. The number of hydrogen-bond acceptors (Lipinski definition) is 5. The summed E-state index contributed by atoms with van der Waals surface area (Å²) in [5, 5.41) is 2.09. The van der Waals surface area contributed by atoms with Gasteiger partial charge in [-0.25, -0.2) is 4.79 Å². The van der Waals surface area contributed by atoms with Crippen LogP contribution in [0, 0.1) is 0 Å². The molecule has 0 aromatic carbocycles. The fraction of sp³-hybridized carbons (Fsp3) is 0.846. The molecule has 2 aliphatic heterocycles. The van der Waals surface area contributed by atoms with Crippen molar-refractivity contribution in [3.8, 4) is 0 Å². The van der Waals surface area contributed by atoms with Crippen molar-refractivity contribution in [2.75, 3.05) is 45.9 Å². The number of ether oxygens (including phenoxy) is 1. The van der Waals surface area contributed by atoms with Crippen molar-refractivity contribution in [2.24, 2.45) is 5.73 Å². The van der Waals surface area contributed by atoms with Crippen LogP contribution in [0.3, 0.4) is 0 Å². The average Bonchev–Trinajstić information content (AvgIpc) is 2.90. The molecular weight excluding hydrogens is 260 g/mol. The van der Waals surface area contributed by atoms with E-state index in [1.165, 1.54) is 12.8 Å². The number of primary amides is 1. The first-order chi connectivity index (χ1) is 9.63. The number of carbonyl (C=O) groups is 2. The van der Waals surface area contributed by atoms with Crippen LogP contribution < -0.4 is 11.1 Å². The highest BCUT2D eigenvalue weighted by molar-refractivity contribution is 5.93. The first-order valence-electron chi connectivity index (χ1n) is 7.29. The Morgan fingerprint density at radius 1 is 1.20 bits per heavy atom. The van der Waals surface area contributed by atoms with Crippen LogP contribution in [-0.4, -0.2) is 73.7 Å². The van der Waals surface area contributed by atoms with Crippen LogP contribution in [0.1, 0.15) is 19.3 Å². The summed E-state index contributed by atoms with van der Waals surface area (Å²) in [5.41, 5.74) is 4.90. The third-order valence-electron chi connectivity index (χ3n) is 3.87. The fourth-order valence-corrected chi connectivity index (χ4v) is 2.73. The molecule has 7 nitrogen and oxygen atoms in total. The van der Waals surface area contributed by atoms with E-state index in [0.29, 0.717) is 19.1 Å². The summed E-state index contributed by atoms with van der Waals surface area (Å²) in [7, 11) is 0. The Hall–Kier alpha value is -1.18. The number of urea groups is 1. The van der Waals surface area contributed by atoms with E-state index >= 15 is 0 Å². The number of imide groups is 1. The van der Waals surface area contributed by atoms with Gasteiger partial charge in [0.15, 0.2) is 0 Å². The highest BCUT2D eigenvalue weighted by Gasteiger charge is 2.22. The average molecular weight is 284 g/mol. The topological polar surface area (TPSA) is 87.9 Å². The second-order valence-electron chi connectivity index (χ2n) is 5.44. The smallest absolute Gasteiger partial charge is 0.318 e. The SMILES string of the molecule is NC(=O)NC(=O)CCN1CCN(CC2CCCO2)CC1. The van der Waals surface area contributed by atoms with E-state index in [-0.39, 0.29) is 5.91 Å². The lowest BCUT2D eigenvalue weighted by atomic mass is 10.2. The maximum Gasteiger partial charge on any atom is 0.318 e. The molecule has 7 heteroatoms. The van der Waals surface area contributed by atoms with Gasteiger partial charge in [-0.3, -0.25) is 15.0 Å². The number of nitrogens with one attached hydrogen (secondary N) is 1. The van der Waals surface area contributed by atoms with E-state index in [2.05, 4.69) is 15.1 Å². The van der Waals surface area contributed by atoms with Gasteiger partial charge in [0.2, 0.25) is 5.91 Å². The predicted octanol–water partition coefficient (Wildman–Crippen LogP) is -0.632. The van der Waals surface area contributed by atoms with Gasteiger partial charge in [0, 0.05) is 52.3 Å². The third kappa shape index (κ3) is 5.07. The highest BCUT2D eigenvalue weighted by atomic mass is 16.5. The Kier molecular flexibility index (Phi) is 5.75. The summed E-state index contributed by atoms with van der Waals surface area (Å²) < 4.78 is 5.65. The zero-order valence-electron chi connectivity index (χ0n) is 11.8. The molecule has 0 spiro atoms. The highest BCUT2D eigenvalue weighted by Crippen LogP contribution is 2.14. The number of carbonyl (C=O) groups excluding carboxylic acids is 2. The maximum atomic E-state index is 11.3. The minimum absolute atomic E-state index is 0.306. The summed E-state index contributed by atoms with van der Waals surface area (Å²) >= 11 is 0. The van der Waals surface area contributed by atoms with Gasteiger partial charge in [-0.1, -0.05) is 0 Å². The number of nitrogens with zero attached hydrogens (tertiary/aromatic N) is 2. The van der Waals surface area contributed by atoms with Crippen LogP contribution in [0.4, 0.5) is 4.79 Å². The standard InChI is InChI=1S/C13H24N4O3/c14-13(19)15-12(18)3-4-16-5-7-17(8-6-16)10-11-2-1-9-20-11/h11H,1-10H2,(H3,14,15,18,19). The van der Waals surface area contributed by atoms with Crippen molar-refractivity contribution in [2.45, 2.75) is 25.4 Å². The minimum atomic E-state index is -0.781. The molecule has 0 saturated carbocycles. The van der Waals surface area contributed by atoms with E-state index in [1.807, 2.05) is 0 Å². The number of piperazine rings is 1. The van der Waals surface area contributed by atoms with Crippen LogP contribution in [-0.2, 0) is 9.53 Å². The monoisotopic (exact) mass is 284 g/mol. The Bertz CT molecular complexity index is 337. The lowest BCUT2D eigenvalue weighted by Gasteiger charge is -2.35. The molecule has 114 valence electrons. The molecule has 0 aromatic rings. The fourth-order valence-electron chi connectivity index (χ4n) is 2.73. The van der Waals surface area contributed by atoms with Gasteiger partial charge in [-0.2, -0.15) is 0 Å². The second-order valence-corrected chi connectivity index (χ2v) is 5.44. The number of nitrogens with two attached hydrogens (primary N) is 1. The molecule has 0 aromatic heterocycles. The predicted molar refractivity (Wildman–Crippen MR) is 74.2 cm³/mol. The molecule has 2 fully saturated rings. The number of rotatable bonds is 5. The van der Waals surface area contributed by atoms with Crippen LogP contribution in [0.2, 0.25) is 0 Å². The van der Waals surface area contributed by atoms with Gasteiger partial charge in [-0.05, 0) is 12.8 Å². The van der Waals surface area contributed by atoms with E-state index in [0.717, 1.165) is 39.3 Å². The van der Waals surface area contributed by atoms with E-state index in [4.69, 9.17) is 10.5 Å². The molecule has 2 saturated heterocycles. The summed E-state index contributed by atoms with van der Waals surface area (Å²) in [6.45, 7) is 6.53. The summed E-state index contributed by atoms with van der Waals surface area (Å²) in [6, 6.07) is -0.781. The molecule has 0 bridgehead atoms. The zero-order chi connectivity index (χ0) is 14.4. The lowest BCUT2D eigenvalue weighted by Crippen LogP contribution is -2.49. The quantitative estimate of drug-likeness (QED) is 0.702. The van der Waals surface area contributed by atoms with Crippen molar-refractivity contribution < 1.29 is 14.3 Å². The van der Waals surface area contributed by atoms with E-state index in [1.54, 1.807) is 0 Å². The van der Waals surface area contributed by atoms with Crippen LogP contribution >= 0.6 is 0 Å². The van der Waals surface area contributed by atoms with Gasteiger partial charge in [0.25, 0.3) is 0 Å². The molecular formula is C13H24N4O3. The van der Waals surface area contributed by atoms with Crippen molar-refractivity contribution >= 4 is 11.9 Å². The summed E-state index contributed by atoms with van der Waals surface area (Å²) in [5.74, 6) is -0.306.